The Balaban J connectivity index is 5.64. The van der Waals surface area contributed by atoms with E-state index in [1.807, 2.05) is 0 Å². The summed E-state index contributed by atoms with van der Waals surface area (Å²) in [5.41, 5.74) is -1.19. The number of carboxylic acids is 4. The van der Waals surface area contributed by atoms with Gasteiger partial charge in [0, 0.05) is 31.1 Å². The maximum atomic E-state index is 11.6. The minimum Gasteiger partial charge on any atom is -0.481 e. The number of aliphatic carboxylic acids is 4. The van der Waals surface area contributed by atoms with E-state index >= 15 is 0 Å². The molecule has 0 bridgehead atoms. The van der Waals surface area contributed by atoms with Crippen molar-refractivity contribution in [2.45, 2.75) is 539 Å². The summed E-state index contributed by atoms with van der Waals surface area (Å²) in [6.45, 7) is -0.435. The van der Waals surface area contributed by atoms with E-state index in [0.717, 1.165) is 89.9 Å². The second-order valence-corrected chi connectivity index (χ2v) is 34.1. The third-order valence-corrected chi connectivity index (χ3v) is 24.7. The highest BCUT2D eigenvalue weighted by Crippen LogP contribution is 2.56. The predicted molar refractivity (Wildman–Crippen MR) is 448 cm³/mol. The standard InChI is InChI=1S/C94H182O11/c95-85-93(86-96,87-97)94(83-75-67-59-51-43-35-27-19-11-3-9-17-25-33-41-49-57-65-73-81-91(102)103,84-76-68-60-52-44-36-28-20-12-4-10-18-26-34-42-50-58-66-74-82-92(104)105)88(77-69-61-53-45-37-29-21-13-5-1-7-15-23-31-39-47-55-63-71-79-89(98)99)78-70-62-54-46-38-30-22-14-6-2-8-16-24-32-40-48-56-64-72-80-90(100)101/h88,95-97H,1-87H2,(H,98,99)(H,100,101)(H,102,103)(H,104,105). The Hall–Kier alpha value is -2.24. The summed E-state index contributed by atoms with van der Waals surface area (Å²) in [5.74, 6) is -2.29. The molecule has 624 valence electrons. The lowest BCUT2D eigenvalue weighted by Gasteiger charge is -2.54. The second kappa shape index (κ2) is 82.7. The third-order valence-electron chi connectivity index (χ3n) is 24.7. The van der Waals surface area contributed by atoms with Crippen LogP contribution < -0.4 is 0 Å². The van der Waals surface area contributed by atoms with Crippen LogP contribution >= 0.6 is 0 Å². The van der Waals surface area contributed by atoms with Crippen LogP contribution in [0.4, 0.5) is 0 Å². The molecule has 0 aliphatic heterocycles. The summed E-state index contributed by atoms with van der Waals surface area (Å²) < 4.78 is 0. The zero-order valence-electron chi connectivity index (χ0n) is 69.9. The third kappa shape index (κ3) is 70.6. The number of rotatable bonds is 93. The number of aliphatic hydroxyl groups excluding tert-OH is 3. The van der Waals surface area contributed by atoms with Gasteiger partial charge < -0.3 is 35.7 Å². The van der Waals surface area contributed by atoms with Crippen molar-refractivity contribution in [3.63, 3.8) is 0 Å². The average Bonchev–Trinajstić information content (AvgIpc) is 0.757. The van der Waals surface area contributed by atoms with Crippen LogP contribution in [0.15, 0.2) is 0 Å². The minimum atomic E-state index is -0.895. The zero-order valence-corrected chi connectivity index (χ0v) is 69.9. The summed E-state index contributed by atoms with van der Waals surface area (Å²) in [4.78, 5) is 43.0. The van der Waals surface area contributed by atoms with Gasteiger partial charge in [-0.2, -0.15) is 0 Å². The molecule has 0 aliphatic rings. The molecule has 0 radical (unpaired) electrons. The summed E-state index contributed by atoms with van der Waals surface area (Å²) in [6, 6.07) is 0. The van der Waals surface area contributed by atoms with E-state index in [-0.39, 0.29) is 25.2 Å². The van der Waals surface area contributed by atoms with Crippen LogP contribution in [0.25, 0.3) is 0 Å². The van der Waals surface area contributed by atoms with Crippen molar-refractivity contribution in [1.82, 2.24) is 0 Å². The second-order valence-electron chi connectivity index (χ2n) is 34.1. The van der Waals surface area contributed by atoms with Crippen molar-refractivity contribution >= 4 is 23.9 Å². The summed E-state index contributed by atoms with van der Waals surface area (Å²) in [7, 11) is 0. The van der Waals surface area contributed by atoms with Gasteiger partial charge in [-0.1, -0.05) is 462 Å². The lowest BCUT2D eigenvalue weighted by molar-refractivity contribution is -0.138. The van der Waals surface area contributed by atoms with E-state index in [2.05, 4.69) is 0 Å². The summed E-state index contributed by atoms with van der Waals surface area (Å²) in [5, 5.41) is 70.3. The molecule has 0 spiro atoms. The molecule has 0 heterocycles. The van der Waals surface area contributed by atoms with Gasteiger partial charge in [0.1, 0.15) is 0 Å². The molecule has 0 amide bonds. The van der Waals surface area contributed by atoms with Crippen molar-refractivity contribution in [2.75, 3.05) is 19.8 Å². The van der Waals surface area contributed by atoms with E-state index in [1.165, 1.54) is 424 Å². The molecular formula is C94H182O11. The van der Waals surface area contributed by atoms with E-state index < -0.39 is 29.3 Å². The first-order valence-electron chi connectivity index (χ1n) is 47.2. The van der Waals surface area contributed by atoms with Crippen molar-refractivity contribution < 1.29 is 54.9 Å². The molecule has 11 nitrogen and oxygen atoms in total. The van der Waals surface area contributed by atoms with Gasteiger partial charge in [-0.3, -0.25) is 19.2 Å². The van der Waals surface area contributed by atoms with Gasteiger partial charge in [0.25, 0.3) is 0 Å². The Morgan fingerprint density at radius 2 is 0.286 bits per heavy atom. The fourth-order valence-corrected chi connectivity index (χ4v) is 17.6. The smallest absolute Gasteiger partial charge is 0.303 e. The number of unbranched alkanes of at least 4 members (excludes halogenated alkanes) is 72. The quantitative estimate of drug-likeness (QED) is 0.0285. The van der Waals surface area contributed by atoms with Gasteiger partial charge in [0.05, 0.1) is 19.8 Å². The zero-order chi connectivity index (χ0) is 76.4. The lowest BCUT2D eigenvalue weighted by Crippen LogP contribution is -2.54. The molecule has 0 saturated heterocycles. The first-order valence-corrected chi connectivity index (χ1v) is 47.2. The lowest BCUT2D eigenvalue weighted by atomic mass is 9.52. The SMILES string of the molecule is O=C(O)CCCCCCCCCCCCCCCCCCCCCC(CCCCCCCCCCCCCCCCCCCCCC(=O)O)C(CCCCCCCCCCCCCCCCCCCCCC(=O)O)(CCCCCCCCCCCCCCCCCCCCCC(=O)O)C(CO)(CO)CO. The predicted octanol–water partition coefficient (Wildman–Crippen LogP) is 29.7. The van der Waals surface area contributed by atoms with Crippen LogP contribution in [0.1, 0.15) is 539 Å². The minimum absolute atomic E-state index is 0.145. The molecule has 0 aromatic rings. The fourth-order valence-electron chi connectivity index (χ4n) is 17.6. The highest BCUT2D eigenvalue weighted by Gasteiger charge is 2.53. The van der Waals surface area contributed by atoms with Gasteiger partial charge >= 0.3 is 23.9 Å². The monoisotopic (exact) mass is 1490 g/mol. The van der Waals surface area contributed by atoms with Gasteiger partial charge in [-0.25, -0.2) is 0 Å². The van der Waals surface area contributed by atoms with Crippen LogP contribution in [-0.4, -0.2) is 79.4 Å². The van der Waals surface area contributed by atoms with Crippen LogP contribution in [0.2, 0.25) is 0 Å². The van der Waals surface area contributed by atoms with E-state index in [0.29, 0.717) is 31.6 Å². The maximum absolute atomic E-state index is 11.6. The molecule has 0 aliphatic carbocycles. The van der Waals surface area contributed by atoms with E-state index in [4.69, 9.17) is 20.4 Å². The van der Waals surface area contributed by atoms with Crippen LogP contribution in [0.5, 0.6) is 0 Å². The largest absolute Gasteiger partial charge is 0.481 e. The molecule has 11 heteroatoms. The van der Waals surface area contributed by atoms with Crippen LogP contribution in [0.3, 0.4) is 0 Å². The maximum Gasteiger partial charge on any atom is 0.303 e. The Morgan fingerprint density at radius 1 is 0.171 bits per heavy atom. The molecule has 0 atom stereocenters. The molecule has 0 aromatic heterocycles. The van der Waals surface area contributed by atoms with Crippen LogP contribution in [-0.2, 0) is 19.2 Å². The molecule has 0 unspecified atom stereocenters. The fraction of sp³-hybridized carbons (Fsp3) is 0.957. The van der Waals surface area contributed by atoms with E-state index in [9.17, 15) is 34.5 Å². The van der Waals surface area contributed by atoms with Crippen molar-refractivity contribution in [2.24, 2.45) is 16.7 Å². The number of hydrogen-bond donors (Lipinski definition) is 7. The number of carbonyl (C=O) groups is 4. The van der Waals surface area contributed by atoms with Gasteiger partial charge in [0.15, 0.2) is 0 Å². The molecule has 0 aromatic carbocycles. The Bertz CT molecular complexity index is 1660. The van der Waals surface area contributed by atoms with Gasteiger partial charge in [-0.15, -0.1) is 0 Å². The Kier molecular flexibility index (Phi) is 80.9. The average molecular weight is 1490 g/mol. The van der Waals surface area contributed by atoms with Crippen molar-refractivity contribution in [1.29, 1.82) is 0 Å². The first-order chi connectivity index (χ1) is 51.5. The molecular weight excluding hydrogens is 1310 g/mol. The Labute approximate surface area is 651 Å². The molecule has 0 saturated carbocycles. The molecule has 7 N–H and O–H groups in total. The van der Waals surface area contributed by atoms with E-state index in [1.54, 1.807) is 0 Å². The topological polar surface area (TPSA) is 210 Å². The van der Waals surface area contributed by atoms with Crippen molar-refractivity contribution in [3.05, 3.63) is 0 Å². The van der Waals surface area contributed by atoms with Gasteiger partial charge in [-0.05, 0) is 62.7 Å². The summed E-state index contributed by atoms with van der Waals surface area (Å²) >= 11 is 0. The first kappa shape index (κ1) is 103. The molecule has 0 fully saturated rings. The highest BCUT2D eigenvalue weighted by molar-refractivity contribution is 5.67. The normalized spacial score (nSPS) is 12.0. The molecule has 0 rings (SSSR count). The van der Waals surface area contributed by atoms with Gasteiger partial charge in [0.2, 0.25) is 0 Å². The number of hydrogen-bond acceptors (Lipinski definition) is 7. The Morgan fingerprint density at radius 3 is 0.410 bits per heavy atom. The highest BCUT2D eigenvalue weighted by atomic mass is 16.4. The number of carboxylic acid groups (broad SMARTS) is 4. The molecule has 105 heavy (non-hydrogen) atoms. The van der Waals surface area contributed by atoms with Crippen LogP contribution in [0, 0.1) is 16.7 Å². The van der Waals surface area contributed by atoms with Crippen molar-refractivity contribution in [3.8, 4) is 0 Å². The summed E-state index contributed by atoms with van der Waals surface area (Å²) in [6.07, 6.45) is 102. The number of aliphatic hydroxyl groups is 3.